The zero-order chi connectivity index (χ0) is 26.4. The minimum atomic E-state index is -0.519. The van der Waals surface area contributed by atoms with Crippen LogP contribution < -0.4 is 4.74 Å². The number of aliphatic hydroxyl groups excluding tert-OH is 1. The first-order valence-electron chi connectivity index (χ1n) is 11.7. The van der Waals surface area contributed by atoms with E-state index in [0.717, 1.165) is 0 Å². The van der Waals surface area contributed by atoms with Gasteiger partial charge in [0.1, 0.15) is 23.1 Å². The van der Waals surface area contributed by atoms with Gasteiger partial charge in [-0.2, -0.15) is 0 Å². The number of benzene rings is 1. The number of hydrogen-bond acceptors (Lipinski definition) is 8. The number of carbonyl (C=O) groups is 2. The molecule has 0 spiro atoms. The summed E-state index contributed by atoms with van der Waals surface area (Å²) in [4.78, 5) is 36.6. The number of nitrogens with zero attached hydrogens (tertiary/aromatic N) is 3. The lowest BCUT2D eigenvalue weighted by molar-refractivity contribution is -0.384. The monoisotopic (exact) mass is 495 g/mol. The third-order valence-electron chi connectivity index (χ3n) is 4.96. The van der Waals surface area contributed by atoms with Gasteiger partial charge in [0, 0.05) is 38.2 Å². The maximum Gasteiger partial charge on any atom is 0.410 e. The van der Waals surface area contributed by atoms with E-state index in [1.54, 1.807) is 17.0 Å². The Hall–Kier alpha value is -3.08. The molecule has 2 heterocycles. The lowest BCUT2D eigenvalue weighted by Gasteiger charge is -2.24. The number of amides is 2. The number of likely N-dealkylation sites (tertiary alicyclic amines) is 2. The predicted molar refractivity (Wildman–Crippen MR) is 128 cm³/mol. The van der Waals surface area contributed by atoms with Crippen molar-refractivity contribution in [3.8, 4) is 5.75 Å². The standard InChI is InChI=1S/C15H20N2O5.C9H17NO3/c1-15(2,3)22-14(18)16-9-8-13(10-16)21-12-6-4-11(5-7-12)17(19)20;1-9(2,3)13-8(12)10-5-4-7(11)6-10/h4-7,13H,8-10H2,1-3H3;7,11H,4-6H2,1-3H3. The van der Waals surface area contributed by atoms with Crippen molar-refractivity contribution >= 4 is 17.9 Å². The molecular formula is C24H37N3O8. The molecular weight excluding hydrogens is 458 g/mol. The van der Waals surface area contributed by atoms with Crippen LogP contribution in [0.3, 0.4) is 0 Å². The Morgan fingerprint density at radius 1 is 0.914 bits per heavy atom. The number of β-amino-alcohol motifs (C(OH)–C–C–N with tert-alkyl or cyclic N) is 1. The van der Waals surface area contributed by atoms with Crippen LogP contribution in [0.5, 0.6) is 5.75 Å². The van der Waals surface area contributed by atoms with Gasteiger partial charge in [-0.1, -0.05) is 0 Å². The van der Waals surface area contributed by atoms with E-state index in [2.05, 4.69) is 0 Å². The Labute approximate surface area is 206 Å². The first-order chi connectivity index (χ1) is 16.1. The van der Waals surface area contributed by atoms with E-state index in [0.29, 0.717) is 44.8 Å². The molecule has 11 nitrogen and oxygen atoms in total. The van der Waals surface area contributed by atoms with Crippen LogP contribution in [0.4, 0.5) is 15.3 Å². The summed E-state index contributed by atoms with van der Waals surface area (Å²) in [6, 6.07) is 5.92. The molecule has 1 aromatic carbocycles. The Balaban J connectivity index is 0.000000283. The van der Waals surface area contributed by atoms with Crippen LogP contribution in [0.2, 0.25) is 0 Å². The zero-order valence-electron chi connectivity index (χ0n) is 21.4. The van der Waals surface area contributed by atoms with E-state index < -0.39 is 16.1 Å². The van der Waals surface area contributed by atoms with Gasteiger partial charge in [0.05, 0.1) is 17.6 Å². The van der Waals surface area contributed by atoms with E-state index >= 15 is 0 Å². The molecule has 35 heavy (non-hydrogen) atoms. The second kappa shape index (κ2) is 11.6. The normalized spacial score (nSPS) is 20.1. The average Bonchev–Trinajstić information content (AvgIpc) is 3.36. The van der Waals surface area contributed by atoms with Gasteiger partial charge in [0.15, 0.2) is 0 Å². The van der Waals surface area contributed by atoms with Crippen LogP contribution in [0, 0.1) is 10.1 Å². The smallest absolute Gasteiger partial charge is 0.410 e. The largest absolute Gasteiger partial charge is 0.489 e. The summed E-state index contributed by atoms with van der Waals surface area (Å²) in [5.74, 6) is 0.557. The Bertz CT molecular complexity index is 876. The van der Waals surface area contributed by atoms with Crippen molar-refractivity contribution in [1.82, 2.24) is 9.80 Å². The number of carbonyl (C=O) groups excluding carboxylic acids is 2. The fourth-order valence-corrected chi connectivity index (χ4v) is 3.39. The highest BCUT2D eigenvalue weighted by Gasteiger charge is 2.31. The topological polar surface area (TPSA) is 132 Å². The van der Waals surface area contributed by atoms with Crippen molar-refractivity contribution in [2.75, 3.05) is 26.2 Å². The van der Waals surface area contributed by atoms with Gasteiger partial charge in [0.25, 0.3) is 5.69 Å². The molecule has 0 aliphatic carbocycles. The Kier molecular flexibility index (Phi) is 9.31. The third kappa shape index (κ3) is 9.97. The minimum Gasteiger partial charge on any atom is -0.489 e. The van der Waals surface area contributed by atoms with Crippen LogP contribution in [0.25, 0.3) is 0 Å². The number of nitro groups is 1. The molecule has 2 unspecified atom stereocenters. The van der Waals surface area contributed by atoms with E-state index in [1.165, 1.54) is 17.0 Å². The third-order valence-corrected chi connectivity index (χ3v) is 4.96. The summed E-state index contributed by atoms with van der Waals surface area (Å²) in [7, 11) is 0. The molecule has 11 heteroatoms. The highest BCUT2D eigenvalue weighted by atomic mass is 16.6. The minimum absolute atomic E-state index is 0.0224. The number of ether oxygens (including phenoxy) is 3. The fraction of sp³-hybridized carbons (Fsp3) is 0.667. The summed E-state index contributed by atoms with van der Waals surface area (Å²) < 4.78 is 16.2. The lowest BCUT2D eigenvalue weighted by Crippen LogP contribution is -2.36. The van der Waals surface area contributed by atoms with Crippen molar-refractivity contribution in [1.29, 1.82) is 0 Å². The van der Waals surface area contributed by atoms with Crippen molar-refractivity contribution in [3.63, 3.8) is 0 Å². The summed E-state index contributed by atoms with van der Waals surface area (Å²) in [6.07, 6.45) is 0.169. The van der Waals surface area contributed by atoms with Gasteiger partial charge < -0.3 is 29.1 Å². The molecule has 2 amide bonds. The van der Waals surface area contributed by atoms with Crippen LogP contribution in [0.1, 0.15) is 54.4 Å². The molecule has 0 aromatic heterocycles. The summed E-state index contributed by atoms with van der Waals surface area (Å²) in [5, 5.41) is 19.8. The number of non-ortho nitro benzene ring substituents is 1. The molecule has 1 N–H and O–H groups in total. The van der Waals surface area contributed by atoms with Crippen molar-refractivity contribution in [2.45, 2.75) is 77.8 Å². The van der Waals surface area contributed by atoms with Crippen molar-refractivity contribution in [2.24, 2.45) is 0 Å². The van der Waals surface area contributed by atoms with Gasteiger partial charge in [-0.15, -0.1) is 0 Å². The second-order valence-corrected chi connectivity index (χ2v) is 10.6. The summed E-state index contributed by atoms with van der Waals surface area (Å²) in [5.41, 5.74) is -0.951. The van der Waals surface area contributed by atoms with Crippen LogP contribution in [0.15, 0.2) is 24.3 Å². The fourth-order valence-electron chi connectivity index (χ4n) is 3.39. The predicted octanol–water partition coefficient (Wildman–Crippen LogP) is 3.97. The summed E-state index contributed by atoms with van der Waals surface area (Å²) >= 11 is 0. The summed E-state index contributed by atoms with van der Waals surface area (Å²) in [6.45, 7) is 13.0. The van der Waals surface area contributed by atoms with E-state index in [1.807, 2.05) is 41.5 Å². The maximum absolute atomic E-state index is 12.0. The number of aliphatic hydroxyl groups is 1. The molecule has 2 fully saturated rings. The van der Waals surface area contributed by atoms with Gasteiger partial charge in [-0.05, 0) is 60.1 Å². The second-order valence-electron chi connectivity index (χ2n) is 10.6. The zero-order valence-corrected chi connectivity index (χ0v) is 21.4. The van der Waals surface area contributed by atoms with Gasteiger partial charge in [0.2, 0.25) is 0 Å². The molecule has 1 aromatic rings. The SMILES string of the molecule is CC(C)(C)OC(=O)N1CCC(O)C1.CC(C)(C)OC(=O)N1CCC(Oc2ccc([N+](=O)[O-])cc2)C1. The highest BCUT2D eigenvalue weighted by molar-refractivity contribution is 5.69. The number of rotatable bonds is 3. The van der Waals surface area contributed by atoms with Crippen molar-refractivity contribution < 1.29 is 33.8 Å². The molecule has 0 saturated carbocycles. The average molecular weight is 496 g/mol. The van der Waals surface area contributed by atoms with E-state index in [9.17, 15) is 24.8 Å². The van der Waals surface area contributed by atoms with E-state index in [4.69, 9.17) is 14.2 Å². The number of nitro benzene ring substituents is 1. The quantitative estimate of drug-likeness (QED) is 0.492. The van der Waals surface area contributed by atoms with Crippen molar-refractivity contribution in [3.05, 3.63) is 34.4 Å². The first kappa shape index (κ1) is 28.2. The van der Waals surface area contributed by atoms with Gasteiger partial charge >= 0.3 is 12.2 Å². The van der Waals surface area contributed by atoms with Crippen LogP contribution in [-0.4, -0.2) is 81.6 Å². The van der Waals surface area contributed by atoms with Gasteiger partial charge in [-0.3, -0.25) is 10.1 Å². The van der Waals surface area contributed by atoms with E-state index in [-0.39, 0.29) is 30.1 Å². The molecule has 3 rings (SSSR count). The molecule has 0 bridgehead atoms. The first-order valence-corrected chi connectivity index (χ1v) is 11.7. The molecule has 2 aliphatic heterocycles. The Morgan fingerprint density at radius 2 is 1.40 bits per heavy atom. The van der Waals surface area contributed by atoms with Crippen LogP contribution >= 0.6 is 0 Å². The van der Waals surface area contributed by atoms with Gasteiger partial charge in [-0.25, -0.2) is 9.59 Å². The Morgan fingerprint density at radius 3 is 1.83 bits per heavy atom. The van der Waals surface area contributed by atoms with Crippen LogP contribution in [-0.2, 0) is 9.47 Å². The molecule has 0 radical (unpaired) electrons. The highest BCUT2D eigenvalue weighted by Crippen LogP contribution is 2.22. The molecule has 196 valence electrons. The molecule has 2 atom stereocenters. The molecule has 2 saturated heterocycles. The lowest BCUT2D eigenvalue weighted by atomic mass is 10.2. The number of hydrogen-bond donors (Lipinski definition) is 1. The molecule has 2 aliphatic rings. The maximum atomic E-state index is 12.0.